The molecule has 1 aliphatic heterocycles. The summed E-state index contributed by atoms with van der Waals surface area (Å²) in [6.07, 6.45) is 1.92. The van der Waals surface area contributed by atoms with Crippen LogP contribution in [-0.4, -0.2) is 33.7 Å². The predicted octanol–water partition coefficient (Wildman–Crippen LogP) is 1.64. The second-order valence-electron chi connectivity index (χ2n) is 5.63. The first-order valence-electron chi connectivity index (χ1n) is 7.41. The first kappa shape index (κ1) is 16.4. The Balaban J connectivity index is 2.07. The third kappa shape index (κ3) is 4.78. The highest BCUT2D eigenvalue weighted by Gasteiger charge is 2.22. The van der Waals surface area contributed by atoms with Gasteiger partial charge in [0.15, 0.2) is 0 Å². The fourth-order valence-corrected chi connectivity index (χ4v) is 3.62. The summed E-state index contributed by atoms with van der Waals surface area (Å²) >= 11 is 0. The van der Waals surface area contributed by atoms with Gasteiger partial charge in [0.2, 0.25) is 10.0 Å². The lowest BCUT2D eigenvalue weighted by Gasteiger charge is -2.15. The van der Waals surface area contributed by atoms with Crippen LogP contribution in [0.15, 0.2) is 29.2 Å². The van der Waals surface area contributed by atoms with Gasteiger partial charge in [-0.2, -0.15) is 0 Å². The molecular formula is C15H24N2O3S. The standard InChI is InChI=1S/C15H24N2O3S/c1-12(2)16-10-13-6-3-4-8-15(13)21(18,19)17-11-14-7-5-9-20-14/h3-4,6,8,12,14,16-17H,5,7,9-11H2,1-2H3. The van der Waals surface area contributed by atoms with Crippen LogP contribution in [-0.2, 0) is 21.3 Å². The Morgan fingerprint density at radius 1 is 1.33 bits per heavy atom. The van der Waals surface area contributed by atoms with Gasteiger partial charge in [-0.25, -0.2) is 13.1 Å². The zero-order valence-electron chi connectivity index (χ0n) is 12.6. The predicted molar refractivity (Wildman–Crippen MR) is 82.6 cm³/mol. The largest absolute Gasteiger partial charge is 0.377 e. The molecule has 5 nitrogen and oxygen atoms in total. The Bertz CT molecular complexity index is 552. The molecule has 1 fully saturated rings. The Hall–Kier alpha value is -0.950. The average molecular weight is 312 g/mol. The van der Waals surface area contributed by atoms with E-state index in [-0.39, 0.29) is 6.10 Å². The molecule has 1 aromatic rings. The minimum atomic E-state index is -3.50. The molecule has 21 heavy (non-hydrogen) atoms. The van der Waals surface area contributed by atoms with Crippen molar-refractivity contribution in [1.29, 1.82) is 0 Å². The van der Waals surface area contributed by atoms with Crippen LogP contribution in [0.3, 0.4) is 0 Å². The summed E-state index contributed by atoms with van der Waals surface area (Å²) in [5.41, 5.74) is 0.783. The monoisotopic (exact) mass is 312 g/mol. The Kier molecular flexibility index (Phi) is 5.75. The van der Waals surface area contributed by atoms with E-state index < -0.39 is 10.0 Å². The molecule has 6 heteroatoms. The maximum atomic E-state index is 12.5. The SMILES string of the molecule is CC(C)NCc1ccccc1S(=O)(=O)NCC1CCCO1. The number of rotatable bonds is 7. The molecule has 1 atom stereocenters. The van der Waals surface area contributed by atoms with E-state index in [4.69, 9.17) is 4.74 Å². The van der Waals surface area contributed by atoms with E-state index in [2.05, 4.69) is 10.0 Å². The third-order valence-corrected chi connectivity index (χ3v) is 5.01. The molecule has 0 spiro atoms. The summed E-state index contributed by atoms with van der Waals surface area (Å²) in [5.74, 6) is 0. The Labute approximate surface area is 127 Å². The first-order chi connectivity index (χ1) is 9.99. The quantitative estimate of drug-likeness (QED) is 0.803. The second kappa shape index (κ2) is 7.35. The van der Waals surface area contributed by atoms with Gasteiger partial charge in [0, 0.05) is 25.7 Å². The summed E-state index contributed by atoms with van der Waals surface area (Å²) < 4.78 is 33.0. The maximum absolute atomic E-state index is 12.5. The molecule has 0 amide bonds. The molecule has 1 saturated heterocycles. The lowest BCUT2D eigenvalue weighted by Crippen LogP contribution is -2.33. The normalized spacial score (nSPS) is 19.3. The van der Waals surface area contributed by atoms with Gasteiger partial charge in [-0.05, 0) is 24.5 Å². The summed E-state index contributed by atoms with van der Waals surface area (Å²) in [6, 6.07) is 7.40. The van der Waals surface area contributed by atoms with Crippen molar-refractivity contribution in [2.24, 2.45) is 0 Å². The molecule has 0 bridgehead atoms. The summed E-state index contributed by atoms with van der Waals surface area (Å²) in [5, 5.41) is 3.25. The molecule has 1 aromatic carbocycles. The lowest BCUT2D eigenvalue weighted by molar-refractivity contribution is 0.114. The van der Waals surface area contributed by atoms with E-state index in [1.165, 1.54) is 0 Å². The fraction of sp³-hybridized carbons (Fsp3) is 0.600. The molecular weight excluding hydrogens is 288 g/mol. The van der Waals surface area contributed by atoms with Crippen LogP contribution >= 0.6 is 0 Å². The highest BCUT2D eigenvalue weighted by atomic mass is 32.2. The zero-order valence-corrected chi connectivity index (χ0v) is 13.4. The van der Waals surface area contributed by atoms with Crippen LogP contribution in [0.25, 0.3) is 0 Å². The highest BCUT2D eigenvalue weighted by molar-refractivity contribution is 7.89. The molecule has 0 aromatic heterocycles. The molecule has 2 rings (SSSR count). The van der Waals surface area contributed by atoms with Crippen molar-refractivity contribution in [2.45, 2.75) is 50.3 Å². The Morgan fingerprint density at radius 2 is 2.10 bits per heavy atom. The molecule has 118 valence electrons. The van der Waals surface area contributed by atoms with Crippen molar-refractivity contribution in [3.8, 4) is 0 Å². The van der Waals surface area contributed by atoms with Crippen molar-refractivity contribution >= 4 is 10.0 Å². The molecule has 1 heterocycles. The number of benzene rings is 1. The molecule has 2 N–H and O–H groups in total. The zero-order chi connectivity index (χ0) is 15.3. The summed E-state index contributed by atoms with van der Waals surface area (Å²) in [4.78, 5) is 0.344. The summed E-state index contributed by atoms with van der Waals surface area (Å²) in [6.45, 7) is 5.67. The van der Waals surface area contributed by atoms with Gasteiger partial charge in [0.25, 0.3) is 0 Å². The molecule has 0 radical (unpaired) electrons. The van der Waals surface area contributed by atoms with E-state index in [0.717, 1.165) is 25.0 Å². The number of nitrogens with one attached hydrogen (secondary N) is 2. The van der Waals surface area contributed by atoms with Crippen molar-refractivity contribution < 1.29 is 13.2 Å². The number of ether oxygens (including phenoxy) is 1. The van der Waals surface area contributed by atoms with Gasteiger partial charge in [0.05, 0.1) is 11.0 Å². The summed E-state index contributed by atoms with van der Waals surface area (Å²) in [7, 11) is -3.50. The smallest absolute Gasteiger partial charge is 0.240 e. The molecule has 0 aliphatic carbocycles. The van der Waals surface area contributed by atoms with E-state index in [1.807, 2.05) is 26.0 Å². The van der Waals surface area contributed by atoms with Crippen molar-refractivity contribution in [1.82, 2.24) is 10.0 Å². The van der Waals surface area contributed by atoms with E-state index >= 15 is 0 Å². The Morgan fingerprint density at radius 3 is 2.76 bits per heavy atom. The van der Waals surface area contributed by atoms with Gasteiger partial charge >= 0.3 is 0 Å². The van der Waals surface area contributed by atoms with Crippen LogP contribution in [0, 0.1) is 0 Å². The molecule has 0 saturated carbocycles. The van der Waals surface area contributed by atoms with Crippen molar-refractivity contribution in [2.75, 3.05) is 13.2 Å². The van der Waals surface area contributed by atoms with Crippen LogP contribution in [0.2, 0.25) is 0 Å². The minimum absolute atomic E-state index is 0.000672. The molecule has 1 unspecified atom stereocenters. The van der Waals surface area contributed by atoms with Crippen molar-refractivity contribution in [3.63, 3.8) is 0 Å². The lowest BCUT2D eigenvalue weighted by atomic mass is 10.2. The van der Waals surface area contributed by atoms with Crippen LogP contribution in [0.5, 0.6) is 0 Å². The topological polar surface area (TPSA) is 67.4 Å². The average Bonchev–Trinajstić information content (AvgIpc) is 2.97. The van der Waals surface area contributed by atoms with Crippen LogP contribution < -0.4 is 10.0 Å². The maximum Gasteiger partial charge on any atom is 0.240 e. The van der Waals surface area contributed by atoms with Gasteiger partial charge in [-0.3, -0.25) is 0 Å². The van der Waals surface area contributed by atoms with Crippen LogP contribution in [0.4, 0.5) is 0 Å². The number of hydrogen-bond donors (Lipinski definition) is 2. The van der Waals surface area contributed by atoms with Crippen LogP contribution in [0.1, 0.15) is 32.3 Å². The van der Waals surface area contributed by atoms with Crippen molar-refractivity contribution in [3.05, 3.63) is 29.8 Å². The van der Waals surface area contributed by atoms with E-state index in [1.54, 1.807) is 12.1 Å². The van der Waals surface area contributed by atoms with E-state index in [9.17, 15) is 8.42 Å². The van der Waals surface area contributed by atoms with Gasteiger partial charge in [-0.1, -0.05) is 32.0 Å². The van der Waals surface area contributed by atoms with Gasteiger partial charge < -0.3 is 10.1 Å². The second-order valence-corrected chi connectivity index (χ2v) is 7.37. The minimum Gasteiger partial charge on any atom is -0.377 e. The van der Waals surface area contributed by atoms with Gasteiger partial charge in [-0.15, -0.1) is 0 Å². The third-order valence-electron chi connectivity index (χ3n) is 3.49. The fourth-order valence-electron chi connectivity index (χ4n) is 2.31. The van der Waals surface area contributed by atoms with Gasteiger partial charge in [0.1, 0.15) is 0 Å². The number of sulfonamides is 1. The van der Waals surface area contributed by atoms with E-state index in [0.29, 0.717) is 24.0 Å². The highest BCUT2D eigenvalue weighted by Crippen LogP contribution is 2.17. The number of hydrogen-bond acceptors (Lipinski definition) is 4. The molecule has 1 aliphatic rings. The first-order valence-corrected chi connectivity index (χ1v) is 8.90.